The Bertz CT molecular complexity index is 942. The van der Waals surface area contributed by atoms with Gasteiger partial charge in [-0.3, -0.25) is 4.98 Å². The van der Waals surface area contributed by atoms with Crippen LogP contribution in [0.15, 0.2) is 72.0 Å². The number of nitrogen functional groups attached to an aromatic ring is 1. The molecule has 2 aromatic heterocycles. The summed E-state index contributed by atoms with van der Waals surface area (Å²) < 4.78 is 27.6. The van der Waals surface area contributed by atoms with Gasteiger partial charge in [-0.1, -0.05) is 12.1 Å². The van der Waals surface area contributed by atoms with Gasteiger partial charge in [0, 0.05) is 30.7 Å². The molecule has 3 aromatic rings. The summed E-state index contributed by atoms with van der Waals surface area (Å²) in [6.45, 7) is 0.319. The van der Waals surface area contributed by atoms with Crippen molar-refractivity contribution in [3.05, 3.63) is 72.7 Å². The van der Waals surface area contributed by atoms with Crippen LogP contribution in [0.2, 0.25) is 0 Å². The standard InChI is InChI=1S/C18H18N4O2S/c19-18-5-4-16(13-21-18)15-2-1-3-17(12-15)25(23,24)22-11-8-14-6-9-20-10-7-14/h1-7,9-10,12-13,22H,8,11H2,(H2,19,21). The lowest BCUT2D eigenvalue weighted by molar-refractivity contribution is 0.581. The molecule has 0 aliphatic heterocycles. The number of sulfonamides is 1. The van der Waals surface area contributed by atoms with Gasteiger partial charge in [0.25, 0.3) is 0 Å². The van der Waals surface area contributed by atoms with Crippen molar-refractivity contribution in [2.45, 2.75) is 11.3 Å². The van der Waals surface area contributed by atoms with Crippen LogP contribution in [-0.2, 0) is 16.4 Å². The first-order chi connectivity index (χ1) is 12.0. The van der Waals surface area contributed by atoms with Gasteiger partial charge in [-0.2, -0.15) is 0 Å². The van der Waals surface area contributed by atoms with E-state index >= 15 is 0 Å². The Morgan fingerprint density at radius 2 is 1.80 bits per heavy atom. The zero-order valence-electron chi connectivity index (χ0n) is 13.5. The molecule has 0 radical (unpaired) electrons. The number of benzene rings is 1. The van der Waals surface area contributed by atoms with E-state index in [-0.39, 0.29) is 4.90 Å². The van der Waals surface area contributed by atoms with Crippen molar-refractivity contribution in [3.8, 4) is 11.1 Å². The van der Waals surface area contributed by atoms with E-state index < -0.39 is 10.0 Å². The largest absolute Gasteiger partial charge is 0.384 e. The Labute approximate surface area is 146 Å². The van der Waals surface area contributed by atoms with E-state index in [1.54, 1.807) is 42.9 Å². The molecule has 0 fully saturated rings. The van der Waals surface area contributed by atoms with E-state index in [9.17, 15) is 8.42 Å². The zero-order valence-corrected chi connectivity index (χ0v) is 14.3. The number of anilines is 1. The maximum absolute atomic E-state index is 12.5. The molecule has 3 N–H and O–H groups in total. The third-order valence-electron chi connectivity index (χ3n) is 3.72. The molecule has 0 aliphatic carbocycles. The Kier molecular flexibility index (Phi) is 5.06. The molecule has 25 heavy (non-hydrogen) atoms. The Hall–Kier alpha value is -2.77. The van der Waals surface area contributed by atoms with Crippen molar-refractivity contribution in [1.82, 2.24) is 14.7 Å². The van der Waals surface area contributed by atoms with Crippen molar-refractivity contribution in [3.63, 3.8) is 0 Å². The fourth-order valence-electron chi connectivity index (χ4n) is 2.38. The van der Waals surface area contributed by atoms with Crippen LogP contribution in [0.1, 0.15) is 5.56 Å². The Morgan fingerprint density at radius 3 is 2.52 bits per heavy atom. The highest BCUT2D eigenvalue weighted by Gasteiger charge is 2.14. The molecule has 0 atom stereocenters. The minimum atomic E-state index is -3.58. The molecule has 0 bridgehead atoms. The Balaban J connectivity index is 1.73. The molecule has 7 heteroatoms. The van der Waals surface area contributed by atoms with Crippen LogP contribution in [-0.4, -0.2) is 24.9 Å². The molecule has 0 saturated carbocycles. The highest BCUT2D eigenvalue weighted by atomic mass is 32.2. The number of nitrogens with zero attached hydrogens (tertiary/aromatic N) is 2. The third-order valence-corrected chi connectivity index (χ3v) is 5.18. The number of aromatic nitrogens is 2. The van der Waals surface area contributed by atoms with Crippen molar-refractivity contribution < 1.29 is 8.42 Å². The average Bonchev–Trinajstić information content (AvgIpc) is 2.63. The number of pyridine rings is 2. The maximum atomic E-state index is 12.5. The normalized spacial score (nSPS) is 11.4. The molecule has 128 valence electrons. The zero-order chi connectivity index (χ0) is 17.7. The number of hydrogen-bond acceptors (Lipinski definition) is 5. The molecule has 6 nitrogen and oxygen atoms in total. The fraction of sp³-hybridized carbons (Fsp3) is 0.111. The van der Waals surface area contributed by atoms with Crippen LogP contribution in [0, 0.1) is 0 Å². The molecule has 0 spiro atoms. The second kappa shape index (κ2) is 7.42. The first-order valence-corrected chi connectivity index (χ1v) is 9.23. The second-order valence-corrected chi connectivity index (χ2v) is 7.27. The summed E-state index contributed by atoms with van der Waals surface area (Å²) in [4.78, 5) is 8.20. The molecule has 0 amide bonds. The molecule has 0 unspecified atom stereocenters. The van der Waals surface area contributed by atoms with Crippen molar-refractivity contribution in [1.29, 1.82) is 0 Å². The van der Waals surface area contributed by atoms with Crippen molar-refractivity contribution >= 4 is 15.8 Å². The molecule has 0 saturated heterocycles. The maximum Gasteiger partial charge on any atom is 0.240 e. The molecule has 2 heterocycles. The van der Waals surface area contributed by atoms with Gasteiger partial charge in [0.2, 0.25) is 10.0 Å². The van der Waals surface area contributed by atoms with Crippen LogP contribution >= 0.6 is 0 Å². The SMILES string of the molecule is Nc1ccc(-c2cccc(S(=O)(=O)NCCc3ccncc3)c2)cn1. The van der Waals surface area contributed by atoms with Crippen LogP contribution < -0.4 is 10.5 Å². The monoisotopic (exact) mass is 354 g/mol. The predicted molar refractivity (Wildman–Crippen MR) is 97.2 cm³/mol. The van der Waals surface area contributed by atoms with E-state index in [1.807, 2.05) is 24.3 Å². The topological polar surface area (TPSA) is 98.0 Å². The highest BCUT2D eigenvalue weighted by molar-refractivity contribution is 7.89. The molecule has 3 rings (SSSR count). The van der Waals surface area contributed by atoms with Crippen LogP contribution in [0.3, 0.4) is 0 Å². The van der Waals surface area contributed by atoms with Gasteiger partial charge < -0.3 is 5.73 Å². The highest BCUT2D eigenvalue weighted by Crippen LogP contribution is 2.22. The van der Waals surface area contributed by atoms with Crippen LogP contribution in [0.5, 0.6) is 0 Å². The minimum absolute atomic E-state index is 0.219. The van der Waals surface area contributed by atoms with Crippen LogP contribution in [0.25, 0.3) is 11.1 Å². The van der Waals surface area contributed by atoms with Gasteiger partial charge >= 0.3 is 0 Å². The average molecular weight is 354 g/mol. The number of hydrogen-bond donors (Lipinski definition) is 2. The van der Waals surface area contributed by atoms with E-state index in [4.69, 9.17) is 5.73 Å². The summed E-state index contributed by atoms with van der Waals surface area (Å²) in [5.74, 6) is 0.422. The molecule has 1 aromatic carbocycles. The number of nitrogens with two attached hydrogens (primary N) is 1. The van der Waals surface area contributed by atoms with E-state index in [0.717, 1.165) is 16.7 Å². The first-order valence-electron chi connectivity index (χ1n) is 7.75. The van der Waals surface area contributed by atoms with E-state index in [2.05, 4.69) is 14.7 Å². The van der Waals surface area contributed by atoms with E-state index in [0.29, 0.717) is 18.8 Å². The molecular weight excluding hydrogens is 336 g/mol. The smallest absolute Gasteiger partial charge is 0.240 e. The van der Waals surface area contributed by atoms with Gasteiger partial charge in [0.1, 0.15) is 5.82 Å². The molecular formula is C18H18N4O2S. The summed E-state index contributed by atoms with van der Waals surface area (Å²) in [6, 6.07) is 14.0. The van der Waals surface area contributed by atoms with Gasteiger partial charge in [0.15, 0.2) is 0 Å². The van der Waals surface area contributed by atoms with Crippen molar-refractivity contribution in [2.75, 3.05) is 12.3 Å². The fourth-order valence-corrected chi connectivity index (χ4v) is 3.46. The second-order valence-electron chi connectivity index (χ2n) is 5.50. The summed E-state index contributed by atoms with van der Waals surface area (Å²) in [6.07, 6.45) is 5.60. The van der Waals surface area contributed by atoms with Gasteiger partial charge in [-0.05, 0) is 53.9 Å². The number of nitrogens with one attached hydrogen (secondary N) is 1. The minimum Gasteiger partial charge on any atom is -0.384 e. The van der Waals surface area contributed by atoms with Gasteiger partial charge in [0.05, 0.1) is 4.90 Å². The predicted octanol–water partition coefficient (Wildman–Crippen LogP) is 2.25. The Morgan fingerprint density at radius 1 is 1.00 bits per heavy atom. The summed E-state index contributed by atoms with van der Waals surface area (Å²) in [5.41, 5.74) is 8.19. The van der Waals surface area contributed by atoms with Crippen molar-refractivity contribution in [2.24, 2.45) is 0 Å². The molecule has 0 aliphatic rings. The quantitative estimate of drug-likeness (QED) is 0.707. The first kappa shape index (κ1) is 17.1. The number of rotatable bonds is 6. The van der Waals surface area contributed by atoms with Crippen LogP contribution in [0.4, 0.5) is 5.82 Å². The van der Waals surface area contributed by atoms with Gasteiger partial charge in [-0.15, -0.1) is 0 Å². The van der Waals surface area contributed by atoms with E-state index in [1.165, 1.54) is 0 Å². The summed E-state index contributed by atoms with van der Waals surface area (Å²) in [7, 11) is -3.58. The summed E-state index contributed by atoms with van der Waals surface area (Å²) >= 11 is 0. The lowest BCUT2D eigenvalue weighted by Gasteiger charge is -2.09. The summed E-state index contributed by atoms with van der Waals surface area (Å²) in [5, 5.41) is 0. The van der Waals surface area contributed by atoms with Gasteiger partial charge in [-0.25, -0.2) is 18.1 Å². The lowest BCUT2D eigenvalue weighted by Crippen LogP contribution is -2.26. The third kappa shape index (κ3) is 4.40. The lowest BCUT2D eigenvalue weighted by atomic mass is 10.1.